The van der Waals surface area contributed by atoms with Crippen molar-refractivity contribution in [3.05, 3.63) is 50.2 Å². The number of aryl methyl sites for hydroxylation is 2. The van der Waals surface area contributed by atoms with E-state index in [2.05, 4.69) is 4.98 Å². The molecular formula is C22H32N4O4. The van der Waals surface area contributed by atoms with Crippen LogP contribution in [0, 0.1) is 25.7 Å². The first-order valence-corrected chi connectivity index (χ1v) is 10.1. The number of carbonyl (C=O) groups is 1. The van der Waals surface area contributed by atoms with E-state index in [1.807, 2.05) is 59.7 Å². The maximum Gasteiger partial charge on any atom is 0.330 e. The first kappa shape index (κ1) is 23.3. The summed E-state index contributed by atoms with van der Waals surface area (Å²) in [4.78, 5) is 41.5. The summed E-state index contributed by atoms with van der Waals surface area (Å²) in [6.45, 7) is 11.9. The van der Waals surface area contributed by atoms with Gasteiger partial charge in [0.25, 0.3) is 11.5 Å². The SMILES string of the molecule is Cc1ccc(C)c(OCC(=O)N(CC(C)C)c2c(N)n(CC(C)C)c(=O)[nH]c2=O)c1. The van der Waals surface area contributed by atoms with Crippen molar-refractivity contribution >= 4 is 17.4 Å². The van der Waals surface area contributed by atoms with Crippen molar-refractivity contribution in [2.24, 2.45) is 11.8 Å². The topological polar surface area (TPSA) is 110 Å². The molecule has 2 aromatic rings. The van der Waals surface area contributed by atoms with Gasteiger partial charge in [0.1, 0.15) is 11.6 Å². The summed E-state index contributed by atoms with van der Waals surface area (Å²) in [5.41, 5.74) is 6.85. The van der Waals surface area contributed by atoms with Gasteiger partial charge in [-0.1, -0.05) is 39.8 Å². The number of benzene rings is 1. The van der Waals surface area contributed by atoms with Crippen molar-refractivity contribution in [2.75, 3.05) is 23.8 Å². The Morgan fingerprint density at radius 2 is 1.83 bits per heavy atom. The summed E-state index contributed by atoms with van der Waals surface area (Å²) < 4.78 is 7.05. The smallest absolute Gasteiger partial charge is 0.330 e. The summed E-state index contributed by atoms with van der Waals surface area (Å²) in [6.07, 6.45) is 0. The van der Waals surface area contributed by atoms with Gasteiger partial charge in [0.2, 0.25) is 0 Å². The summed E-state index contributed by atoms with van der Waals surface area (Å²) in [6, 6.07) is 5.75. The zero-order chi connectivity index (χ0) is 22.6. The quantitative estimate of drug-likeness (QED) is 0.687. The molecule has 1 heterocycles. The third-order valence-electron chi connectivity index (χ3n) is 4.58. The van der Waals surface area contributed by atoms with Crippen molar-refractivity contribution in [3.8, 4) is 5.75 Å². The van der Waals surface area contributed by atoms with Gasteiger partial charge < -0.3 is 15.4 Å². The molecule has 8 nitrogen and oxygen atoms in total. The Labute approximate surface area is 176 Å². The summed E-state index contributed by atoms with van der Waals surface area (Å²) in [7, 11) is 0. The molecule has 2 rings (SSSR count). The normalized spacial score (nSPS) is 11.2. The standard InChI is InChI=1S/C22H32N4O4/c1-13(2)10-25(18(27)12-30-17-9-15(5)7-8-16(17)6)19-20(23)26(11-14(3)4)22(29)24-21(19)28/h7-9,13-14H,10-12,23H2,1-6H3,(H,24,28,29). The Hall–Kier alpha value is -3.03. The molecule has 0 saturated carbocycles. The lowest BCUT2D eigenvalue weighted by molar-refractivity contribution is -0.120. The molecule has 0 aliphatic carbocycles. The van der Waals surface area contributed by atoms with E-state index in [4.69, 9.17) is 10.5 Å². The van der Waals surface area contributed by atoms with E-state index in [1.165, 1.54) is 9.47 Å². The maximum absolute atomic E-state index is 13.1. The average molecular weight is 417 g/mol. The van der Waals surface area contributed by atoms with Crippen LogP contribution >= 0.6 is 0 Å². The number of nitrogen functional groups attached to an aromatic ring is 1. The van der Waals surface area contributed by atoms with Crippen molar-refractivity contribution in [1.82, 2.24) is 9.55 Å². The number of nitrogens with two attached hydrogens (primary N) is 1. The molecule has 0 aliphatic heterocycles. The number of hydrogen-bond acceptors (Lipinski definition) is 5. The zero-order valence-corrected chi connectivity index (χ0v) is 18.6. The van der Waals surface area contributed by atoms with Crippen molar-refractivity contribution in [1.29, 1.82) is 0 Å². The Bertz CT molecular complexity index is 1020. The van der Waals surface area contributed by atoms with Gasteiger partial charge in [-0.05, 0) is 42.9 Å². The second-order valence-electron chi connectivity index (χ2n) is 8.45. The number of aromatic nitrogens is 2. The van der Waals surface area contributed by atoms with Crippen LogP contribution in [0.1, 0.15) is 38.8 Å². The first-order chi connectivity index (χ1) is 14.0. The number of nitrogens with zero attached hydrogens (tertiary/aromatic N) is 2. The minimum atomic E-state index is -0.682. The molecule has 1 amide bonds. The average Bonchev–Trinajstić information content (AvgIpc) is 2.64. The lowest BCUT2D eigenvalue weighted by Gasteiger charge is -2.26. The van der Waals surface area contributed by atoms with E-state index >= 15 is 0 Å². The van der Waals surface area contributed by atoms with E-state index in [0.29, 0.717) is 12.3 Å². The Morgan fingerprint density at radius 1 is 1.17 bits per heavy atom. The molecule has 0 fully saturated rings. The van der Waals surface area contributed by atoms with Gasteiger partial charge in [0.15, 0.2) is 12.3 Å². The lowest BCUT2D eigenvalue weighted by Crippen LogP contribution is -2.44. The third kappa shape index (κ3) is 5.52. The van der Waals surface area contributed by atoms with Gasteiger partial charge in [0.05, 0.1) is 0 Å². The van der Waals surface area contributed by atoms with E-state index in [9.17, 15) is 14.4 Å². The Morgan fingerprint density at radius 3 is 2.43 bits per heavy atom. The van der Waals surface area contributed by atoms with Crippen LogP contribution in [-0.2, 0) is 11.3 Å². The highest BCUT2D eigenvalue weighted by atomic mass is 16.5. The Kier molecular flexibility index (Phi) is 7.48. The third-order valence-corrected chi connectivity index (χ3v) is 4.58. The van der Waals surface area contributed by atoms with Gasteiger partial charge in [0, 0.05) is 13.1 Å². The fourth-order valence-electron chi connectivity index (χ4n) is 3.15. The largest absolute Gasteiger partial charge is 0.483 e. The van der Waals surface area contributed by atoms with Gasteiger partial charge in [-0.3, -0.25) is 19.1 Å². The highest BCUT2D eigenvalue weighted by Crippen LogP contribution is 2.22. The van der Waals surface area contributed by atoms with E-state index in [0.717, 1.165) is 11.1 Å². The van der Waals surface area contributed by atoms with Crippen molar-refractivity contribution in [2.45, 2.75) is 48.1 Å². The number of nitrogens with one attached hydrogen (secondary N) is 1. The fourth-order valence-corrected chi connectivity index (χ4v) is 3.15. The van der Waals surface area contributed by atoms with Crippen LogP contribution < -0.4 is 26.6 Å². The number of carbonyl (C=O) groups excluding carboxylic acids is 1. The van der Waals surface area contributed by atoms with Crippen LogP contribution in [0.25, 0.3) is 0 Å². The summed E-state index contributed by atoms with van der Waals surface area (Å²) in [5, 5.41) is 0. The molecule has 0 radical (unpaired) electrons. The molecule has 164 valence electrons. The van der Waals surface area contributed by atoms with Crippen LogP contribution in [0.15, 0.2) is 27.8 Å². The van der Waals surface area contributed by atoms with E-state index < -0.39 is 17.2 Å². The molecule has 0 unspecified atom stereocenters. The van der Waals surface area contributed by atoms with Crippen LogP contribution in [-0.4, -0.2) is 28.6 Å². The molecule has 0 aliphatic rings. The number of hydrogen-bond donors (Lipinski definition) is 2. The molecule has 0 saturated heterocycles. The van der Waals surface area contributed by atoms with Gasteiger partial charge >= 0.3 is 5.69 Å². The molecule has 8 heteroatoms. The highest BCUT2D eigenvalue weighted by Gasteiger charge is 2.25. The number of amides is 1. The van der Waals surface area contributed by atoms with Crippen LogP contribution in [0.4, 0.5) is 11.5 Å². The molecule has 30 heavy (non-hydrogen) atoms. The van der Waals surface area contributed by atoms with Gasteiger partial charge in [-0.2, -0.15) is 0 Å². The van der Waals surface area contributed by atoms with E-state index in [-0.39, 0.29) is 36.5 Å². The lowest BCUT2D eigenvalue weighted by atomic mass is 10.1. The Balaban J connectivity index is 2.42. The molecule has 1 aromatic heterocycles. The number of ether oxygens (including phenoxy) is 1. The highest BCUT2D eigenvalue weighted by molar-refractivity contribution is 5.96. The van der Waals surface area contributed by atoms with Gasteiger partial charge in [-0.25, -0.2) is 4.79 Å². The fraction of sp³-hybridized carbons (Fsp3) is 0.500. The predicted molar refractivity (Wildman–Crippen MR) is 119 cm³/mol. The molecule has 0 spiro atoms. The number of aromatic amines is 1. The van der Waals surface area contributed by atoms with E-state index in [1.54, 1.807) is 0 Å². The van der Waals surface area contributed by atoms with Crippen molar-refractivity contribution in [3.63, 3.8) is 0 Å². The maximum atomic E-state index is 13.1. The summed E-state index contributed by atoms with van der Waals surface area (Å²) in [5.74, 6) is 0.388. The van der Waals surface area contributed by atoms with Crippen LogP contribution in [0.5, 0.6) is 5.75 Å². The zero-order valence-electron chi connectivity index (χ0n) is 18.6. The van der Waals surface area contributed by atoms with Crippen LogP contribution in [0.2, 0.25) is 0 Å². The van der Waals surface area contributed by atoms with Crippen LogP contribution in [0.3, 0.4) is 0 Å². The molecule has 1 aromatic carbocycles. The minimum absolute atomic E-state index is 0.0153. The molecule has 3 N–H and O–H groups in total. The monoisotopic (exact) mass is 416 g/mol. The summed E-state index contributed by atoms with van der Waals surface area (Å²) >= 11 is 0. The van der Waals surface area contributed by atoms with Crippen molar-refractivity contribution < 1.29 is 9.53 Å². The molecule has 0 bridgehead atoms. The first-order valence-electron chi connectivity index (χ1n) is 10.1. The molecule has 0 atom stereocenters. The predicted octanol–water partition coefficient (Wildman–Crippen LogP) is 2.46. The number of anilines is 2. The number of rotatable bonds is 8. The molecular weight excluding hydrogens is 384 g/mol. The number of H-pyrrole nitrogens is 1. The second-order valence-corrected chi connectivity index (χ2v) is 8.45. The second kappa shape index (κ2) is 9.65. The van der Waals surface area contributed by atoms with Gasteiger partial charge in [-0.15, -0.1) is 0 Å². The minimum Gasteiger partial charge on any atom is -0.483 e.